The molecule has 1 heterocycles. The second-order valence-electron chi connectivity index (χ2n) is 3.68. The number of nitro benzene ring substituents is 1. The second kappa shape index (κ2) is 5.31. The summed E-state index contributed by atoms with van der Waals surface area (Å²) in [5.41, 5.74) is -0.687. The Morgan fingerprint density at radius 3 is 2.80 bits per heavy atom. The summed E-state index contributed by atoms with van der Waals surface area (Å²) >= 11 is 0. The lowest BCUT2D eigenvalue weighted by atomic mass is 10.2. The molecule has 102 valence electrons. The van der Waals surface area contributed by atoms with Crippen LogP contribution in [0.2, 0.25) is 0 Å². The van der Waals surface area contributed by atoms with Gasteiger partial charge in [0.15, 0.2) is 5.75 Å². The summed E-state index contributed by atoms with van der Waals surface area (Å²) in [7, 11) is 0. The topological polar surface area (TPSA) is 103 Å². The maximum atomic E-state index is 13.2. The first kappa shape index (κ1) is 13.4. The van der Waals surface area contributed by atoms with Gasteiger partial charge >= 0.3 is 5.97 Å². The zero-order chi connectivity index (χ0) is 14.7. The Balaban J connectivity index is 2.40. The van der Waals surface area contributed by atoms with Crippen molar-refractivity contribution in [3.63, 3.8) is 0 Å². The highest BCUT2D eigenvalue weighted by molar-refractivity contribution is 5.90. The van der Waals surface area contributed by atoms with Gasteiger partial charge in [-0.05, 0) is 6.07 Å². The van der Waals surface area contributed by atoms with Crippen molar-refractivity contribution in [2.45, 2.75) is 0 Å². The van der Waals surface area contributed by atoms with Gasteiger partial charge in [0.1, 0.15) is 17.1 Å². The van der Waals surface area contributed by atoms with E-state index < -0.39 is 22.4 Å². The average Bonchev–Trinajstić information content (AvgIpc) is 2.38. The molecule has 2 rings (SSSR count). The maximum absolute atomic E-state index is 13.2. The quantitative estimate of drug-likeness (QED) is 0.681. The van der Waals surface area contributed by atoms with Crippen LogP contribution in [0.15, 0.2) is 36.7 Å². The summed E-state index contributed by atoms with van der Waals surface area (Å²) < 4.78 is 18.4. The van der Waals surface area contributed by atoms with E-state index in [9.17, 15) is 19.3 Å². The third kappa shape index (κ3) is 2.86. The van der Waals surface area contributed by atoms with Crippen molar-refractivity contribution in [1.29, 1.82) is 0 Å². The van der Waals surface area contributed by atoms with Crippen LogP contribution in [0, 0.1) is 15.9 Å². The first-order chi connectivity index (χ1) is 9.47. The number of nitrogens with zero attached hydrogens (tertiary/aromatic N) is 2. The van der Waals surface area contributed by atoms with Crippen LogP contribution in [-0.4, -0.2) is 21.0 Å². The maximum Gasteiger partial charge on any atom is 0.339 e. The Kier molecular flexibility index (Phi) is 3.56. The number of benzene rings is 1. The average molecular weight is 278 g/mol. The smallest absolute Gasteiger partial charge is 0.339 e. The fourth-order valence-electron chi connectivity index (χ4n) is 1.48. The highest BCUT2D eigenvalue weighted by atomic mass is 19.1. The first-order valence-electron chi connectivity index (χ1n) is 5.27. The second-order valence-corrected chi connectivity index (χ2v) is 3.68. The van der Waals surface area contributed by atoms with Crippen LogP contribution in [0.3, 0.4) is 0 Å². The molecule has 0 aliphatic rings. The summed E-state index contributed by atoms with van der Waals surface area (Å²) in [6.45, 7) is 0. The molecule has 0 aliphatic heterocycles. The summed E-state index contributed by atoms with van der Waals surface area (Å²) in [6, 6.07) is 3.83. The molecule has 0 atom stereocenters. The summed E-state index contributed by atoms with van der Waals surface area (Å²) in [4.78, 5) is 24.5. The molecular formula is C12H7FN2O5. The van der Waals surface area contributed by atoms with E-state index in [-0.39, 0.29) is 17.1 Å². The predicted molar refractivity (Wildman–Crippen MR) is 64.3 cm³/mol. The zero-order valence-electron chi connectivity index (χ0n) is 9.82. The largest absolute Gasteiger partial charge is 0.478 e. The third-order valence-electron chi connectivity index (χ3n) is 2.31. The number of carbonyl (C=O) groups is 1. The molecule has 0 bridgehead atoms. The molecule has 0 spiro atoms. The van der Waals surface area contributed by atoms with Crippen molar-refractivity contribution >= 4 is 11.7 Å². The van der Waals surface area contributed by atoms with Gasteiger partial charge in [-0.3, -0.25) is 15.1 Å². The summed E-state index contributed by atoms with van der Waals surface area (Å²) in [5.74, 6) is -2.45. The van der Waals surface area contributed by atoms with E-state index in [1.807, 2.05) is 0 Å². The van der Waals surface area contributed by atoms with E-state index in [4.69, 9.17) is 9.84 Å². The molecule has 0 unspecified atom stereocenters. The Labute approximate surface area is 111 Å². The first-order valence-corrected chi connectivity index (χ1v) is 5.27. The molecule has 1 N–H and O–H groups in total. The number of nitro groups is 1. The lowest BCUT2D eigenvalue weighted by Crippen LogP contribution is -2.00. The number of hydrogen-bond acceptors (Lipinski definition) is 5. The molecule has 7 nitrogen and oxygen atoms in total. The van der Waals surface area contributed by atoms with Crippen LogP contribution in [0.4, 0.5) is 10.1 Å². The van der Waals surface area contributed by atoms with Crippen molar-refractivity contribution in [3.05, 3.63) is 58.2 Å². The lowest BCUT2D eigenvalue weighted by Gasteiger charge is -2.07. The standard InChI is InChI=1S/C12H7FN2O5/c13-7-3-8(15(18)19)5-9(4-7)20-11-6-14-2-1-10(11)12(16)17/h1-6H,(H,16,17). The Bertz CT molecular complexity index is 689. The van der Waals surface area contributed by atoms with Crippen LogP contribution in [0.25, 0.3) is 0 Å². The Hall–Kier alpha value is -3.03. The minimum absolute atomic E-state index is 0.139. The van der Waals surface area contributed by atoms with Gasteiger partial charge < -0.3 is 9.84 Å². The van der Waals surface area contributed by atoms with Crippen molar-refractivity contribution < 1.29 is 24.0 Å². The molecule has 0 amide bonds. The SMILES string of the molecule is O=C(O)c1ccncc1Oc1cc(F)cc([N+](=O)[O-])c1. The van der Waals surface area contributed by atoms with E-state index >= 15 is 0 Å². The van der Waals surface area contributed by atoms with E-state index in [0.717, 1.165) is 24.4 Å². The van der Waals surface area contributed by atoms with Gasteiger partial charge in [0, 0.05) is 12.3 Å². The zero-order valence-corrected chi connectivity index (χ0v) is 9.82. The Morgan fingerprint density at radius 1 is 1.40 bits per heavy atom. The summed E-state index contributed by atoms with van der Waals surface area (Å²) in [6.07, 6.45) is 2.38. The molecule has 8 heteroatoms. The number of halogens is 1. The van der Waals surface area contributed by atoms with Crippen molar-refractivity contribution in [1.82, 2.24) is 4.98 Å². The number of non-ortho nitro benzene ring substituents is 1. The molecule has 0 fully saturated rings. The molecule has 0 aliphatic carbocycles. The van der Waals surface area contributed by atoms with Gasteiger partial charge in [0.2, 0.25) is 0 Å². The normalized spacial score (nSPS) is 10.1. The summed E-state index contributed by atoms with van der Waals surface area (Å²) in [5, 5.41) is 19.6. The van der Waals surface area contributed by atoms with Crippen molar-refractivity contribution in [3.8, 4) is 11.5 Å². The molecular weight excluding hydrogens is 271 g/mol. The molecule has 0 saturated carbocycles. The van der Waals surface area contributed by atoms with Gasteiger partial charge in [-0.25, -0.2) is 9.18 Å². The fourth-order valence-corrected chi connectivity index (χ4v) is 1.48. The lowest BCUT2D eigenvalue weighted by molar-refractivity contribution is -0.385. The fraction of sp³-hybridized carbons (Fsp3) is 0. The van der Waals surface area contributed by atoms with Gasteiger partial charge in [-0.15, -0.1) is 0 Å². The van der Waals surface area contributed by atoms with Gasteiger partial charge in [-0.1, -0.05) is 0 Å². The minimum atomic E-state index is -1.26. The number of aromatic nitrogens is 1. The van der Waals surface area contributed by atoms with Crippen LogP contribution in [0.1, 0.15) is 10.4 Å². The molecule has 20 heavy (non-hydrogen) atoms. The molecule has 0 saturated heterocycles. The molecule has 1 aromatic carbocycles. The van der Waals surface area contributed by atoms with Gasteiger partial charge in [-0.2, -0.15) is 0 Å². The minimum Gasteiger partial charge on any atom is -0.478 e. The third-order valence-corrected chi connectivity index (χ3v) is 2.31. The van der Waals surface area contributed by atoms with Crippen LogP contribution < -0.4 is 4.74 Å². The predicted octanol–water partition coefficient (Wildman–Crippen LogP) is 2.62. The van der Waals surface area contributed by atoms with Crippen LogP contribution >= 0.6 is 0 Å². The van der Waals surface area contributed by atoms with E-state index in [2.05, 4.69) is 4.98 Å². The number of aromatic carboxylic acids is 1. The van der Waals surface area contributed by atoms with Crippen LogP contribution in [-0.2, 0) is 0 Å². The molecule has 0 radical (unpaired) electrons. The Morgan fingerprint density at radius 2 is 2.15 bits per heavy atom. The number of carboxylic acid groups (broad SMARTS) is 1. The number of hydrogen-bond donors (Lipinski definition) is 1. The number of pyridine rings is 1. The van der Waals surface area contributed by atoms with E-state index in [1.165, 1.54) is 12.3 Å². The number of rotatable bonds is 4. The van der Waals surface area contributed by atoms with Gasteiger partial charge in [0.25, 0.3) is 5.69 Å². The van der Waals surface area contributed by atoms with E-state index in [1.54, 1.807) is 0 Å². The van der Waals surface area contributed by atoms with Crippen molar-refractivity contribution in [2.75, 3.05) is 0 Å². The highest BCUT2D eigenvalue weighted by Gasteiger charge is 2.15. The monoisotopic (exact) mass is 278 g/mol. The number of ether oxygens (including phenoxy) is 1. The molecule has 2 aromatic rings. The van der Waals surface area contributed by atoms with E-state index in [0.29, 0.717) is 0 Å². The highest BCUT2D eigenvalue weighted by Crippen LogP contribution is 2.28. The van der Waals surface area contributed by atoms with Crippen molar-refractivity contribution in [2.24, 2.45) is 0 Å². The molecule has 1 aromatic heterocycles. The van der Waals surface area contributed by atoms with Gasteiger partial charge in [0.05, 0.1) is 23.3 Å². The van der Waals surface area contributed by atoms with Crippen LogP contribution in [0.5, 0.6) is 11.5 Å². The number of carboxylic acids is 1.